The lowest BCUT2D eigenvalue weighted by atomic mass is 9.73. The first-order valence-corrected chi connectivity index (χ1v) is 13.0. The highest BCUT2D eigenvalue weighted by Crippen LogP contribution is 2.41. The third-order valence-corrected chi connectivity index (χ3v) is 8.85. The lowest BCUT2D eigenvalue weighted by Crippen LogP contribution is -2.58. The molecule has 0 amide bonds. The van der Waals surface area contributed by atoms with Crippen molar-refractivity contribution in [2.45, 2.75) is 37.5 Å². The minimum atomic E-state index is -2.99. The maximum Gasteiger partial charge on any atom is 0.337 e. The van der Waals surface area contributed by atoms with E-state index in [4.69, 9.17) is 14.2 Å². The molecule has 1 aliphatic carbocycles. The van der Waals surface area contributed by atoms with Crippen molar-refractivity contribution in [3.05, 3.63) is 41.9 Å². The molecule has 1 saturated carbocycles. The number of carbonyl (C=O) groups excluding carboxylic acids is 2. The third-order valence-electron chi connectivity index (χ3n) is 7.10. The summed E-state index contributed by atoms with van der Waals surface area (Å²) in [6.07, 6.45) is 3.05. The predicted molar refractivity (Wildman–Crippen MR) is 116 cm³/mol. The monoisotopic (exact) mass is 477 g/mol. The number of hydrogen-bond acceptors (Lipinski definition) is 9. The Labute approximate surface area is 192 Å². The Kier molecular flexibility index (Phi) is 5.92. The Morgan fingerprint density at radius 1 is 1.15 bits per heavy atom. The molecule has 3 fully saturated rings. The molecule has 178 valence electrons. The van der Waals surface area contributed by atoms with Crippen molar-refractivity contribution in [3.8, 4) is 5.75 Å². The van der Waals surface area contributed by atoms with E-state index < -0.39 is 15.8 Å². The van der Waals surface area contributed by atoms with Crippen LogP contribution in [0.4, 0.5) is 0 Å². The molecule has 9 nitrogen and oxygen atoms in total. The summed E-state index contributed by atoms with van der Waals surface area (Å²) in [5.41, 5.74) is 0.389. The molecule has 33 heavy (non-hydrogen) atoms. The van der Waals surface area contributed by atoms with E-state index in [9.17, 15) is 18.0 Å². The van der Waals surface area contributed by atoms with Crippen LogP contribution in [0, 0.1) is 11.8 Å². The first-order valence-electron chi connectivity index (χ1n) is 11.2. The van der Waals surface area contributed by atoms with E-state index in [2.05, 4.69) is 9.64 Å². The molecule has 4 aliphatic rings. The summed E-state index contributed by atoms with van der Waals surface area (Å²) in [6, 6.07) is 6.30. The van der Waals surface area contributed by atoms with Gasteiger partial charge in [-0.05, 0) is 43.5 Å². The fraction of sp³-hybridized carbons (Fsp3) is 0.565. The van der Waals surface area contributed by atoms with Crippen LogP contribution in [-0.2, 0) is 28.8 Å². The van der Waals surface area contributed by atoms with Crippen LogP contribution < -0.4 is 4.74 Å². The average molecular weight is 478 g/mol. The van der Waals surface area contributed by atoms with Gasteiger partial charge in [0.15, 0.2) is 9.84 Å². The van der Waals surface area contributed by atoms with Crippen molar-refractivity contribution in [2.75, 3.05) is 31.9 Å². The number of sulfone groups is 1. The minimum Gasteiger partial charge on any atom is -0.493 e. The van der Waals surface area contributed by atoms with Crippen LogP contribution in [0.5, 0.6) is 5.75 Å². The van der Waals surface area contributed by atoms with Crippen molar-refractivity contribution in [3.63, 3.8) is 0 Å². The molecule has 1 aromatic carbocycles. The van der Waals surface area contributed by atoms with Crippen LogP contribution in [-0.4, -0.2) is 75.2 Å². The molecule has 0 N–H and O–H groups in total. The summed E-state index contributed by atoms with van der Waals surface area (Å²) in [7, 11) is -1.67. The van der Waals surface area contributed by atoms with Gasteiger partial charge in [-0.1, -0.05) is 0 Å². The number of ketones is 1. The Balaban J connectivity index is 1.28. The summed E-state index contributed by atoms with van der Waals surface area (Å²) in [6.45, 7) is 1.07. The molecule has 10 heteroatoms. The van der Waals surface area contributed by atoms with E-state index in [1.54, 1.807) is 24.3 Å². The highest BCUT2D eigenvalue weighted by Gasteiger charge is 2.50. The lowest BCUT2D eigenvalue weighted by molar-refractivity contribution is -0.178. The van der Waals surface area contributed by atoms with E-state index in [1.807, 2.05) is 0 Å². The van der Waals surface area contributed by atoms with Crippen LogP contribution in [0.3, 0.4) is 0 Å². The number of methoxy groups -OCH3 is 1. The number of allylic oxidation sites excluding steroid dienone is 1. The summed E-state index contributed by atoms with van der Waals surface area (Å²) in [5, 5.41) is 0. The normalized spacial score (nSPS) is 33.3. The quantitative estimate of drug-likeness (QED) is 0.597. The third kappa shape index (κ3) is 4.39. The minimum absolute atomic E-state index is 0.00459. The van der Waals surface area contributed by atoms with Gasteiger partial charge in [0.25, 0.3) is 0 Å². The fourth-order valence-corrected chi connectivity index (χ4v) is 7.09. The average Bonchev–Trinajstić information content (AvgIpc) is 3.20. The molecule has 0 aromatic heterocycles. The summed E-state index contributed by atoms with van der Waals surface area (Å²) in [5.74, 6) is 0.0300. The Morgan fingerprint density at radius 2 is 1.94 bits per heavy atom. The summed E-state index contributed by atoms with van der Waals surface area (Å²) < 4.78 is 46.4. The van der Waals surface area contributed by atoms with Gasteiger partial charge in [-0.2, -0.15) is 0 Å². The van der Waals surface area contributed by atoms with Crippen molar-refractivity contribution >= 4 is 21.6 Å². The second kappa shape index (κ2) is 8.73. The number of rotatable bonds is 4. The second-order valence-electron chi connectivity index (χ2n) is 9.08. The molecular formula is C23H27NO8S. The summed E-state index contributed by atoms with van der Waals surface area (Å²) in [4.78, 5) is 26.9. The SMILES string of the molecule is COC(=O)c1ccc(OC2=COC3C(CCC4OCN(C5CCS(=O)(=O)C5)CC43)C2=O)cc1. The molecule has 1 aromatic rings. The Morgan fingerprint density at radius 3 is 2.64 bits per heavy atom. The molecule has 3 heterocycles. The maximum absolute atomic E-state index is 13.2. The van der Waals surface area contributed by atoms with E-state index in [1.165, 1.54) is 13.4 Å². The van der Waals surface area contributed by atoms with Gasteiger partial charge >= 0.3 is 5.97 Å². The fourth-order valence-electron chi connectivity index (χ4n) is 5.33. The van der Waals surface area contributed by atoms with Gasteiger partial charge in [0.1, 0.15) is 18.1 Å². The second-order valence-corrected chi connectivity index (χ2v) is 11.3. The molecule has 5 atom stereocenters. The molecule has 0 spiro atoms. The van der Waals surface area contributed by atoms with Gasteiger partial charge in [0, 0.05) is 18.5 Å². The van der Waals surface area contributed by atoms with Gasteiger partial charge in [0.05, 0.1) is 42.9 Å². The Bertz CT molecular complexity index is 1070. The number of carbonyl (C=O) groups is 2. The van der Waals surface area contributed by atoms with Gasteiger partial charge in [-0.3, -0.25) is 9.69 Å². The van der Waals surface area contributed by atoms with Crippen molar-refractivity contribution < 1.29 is 37.0 Å². The first-order chi connectivity index (χ1) is 15.8. The van der Waals surface area contributed by atoms with Crippen LogP contribution in [0.2, 0.25) is 0 Å². The number of fused-ring (bicyclic) bond motifs is 3. The van der Waals surface area contributed by atoms with Crippen molar-refractivity contribution in [1.82, 2.24) is 4.90 Å². The van der Waals surface area contributed by atoms with Gasteiger partial charge in [-0.15, -0.1) is 0 Å². The van der Waals surface area contributed by atoms with E-state index in [0.29, 0.717) is 37.4 Å². The first kappa shape index (κ1) is 22.4. The maximum atomic E-state index is 13.2. The Hall–Kier alpha value is -2.43. The lowest BCUT2D eigenvalue weighted by Gasteiger charge is -2.49. The number of Topliss-reactive ketones (excluding diaryl/α,β-unsaturated/α-hetero) is 1. The van der Waals surface area contributed by atoms with Gasteiger partial charge in [0.2, 0.25) is 11.5 Å². The van der Waals surface area contributed by atoms with E-state index in [0.717, 1.165) is 6.42 Å². The number of nitrogens with zero attached hydrogens (tertiary/aromatic N) is 1. The summed E-state index contributed by atoms with van der Waals surface area (Å²) >= 11 is 0. The van der Waals surface area contributed by atoms with E-state index >= 15 is 0 Å². The zero-order valence-electron chi connectivity index (χ0n) is 18.3. The highest BCUT2D eigenvalue weighted by molar-refractivity contribution is 7.91. The zero-order valence-corrected chi connectivity index (χ0v) is 19.2. The van der Waals surface area contributed by atoms with Crippen molar-refractivity contribution in [2.24, 2.45) is 11.8 Å². The smallest absolute Gasteiger partial charge is 0.337 e. The molecule has 3 aliphatic heterocycles. The van der Waals surface area contributed by atoms with Gasteiger partial charge in [-0.25, -0.2) is 13.2 Å². The molecule has 5 unspecified atom stereocenters. The zero-order chi connectivity index (χ0) is 23.2. The molecule has 2 saturated heterocycles. The van der Waals surface area contributed by atoms with Crippen LogP contribution in [0.1, 0.15) is 29.6 Å². The largest absolute Gasteiger partial charge is 0.493 e. The molecule has 5 rings (SSSR count). The standard InChI is InChI=1S/C23H27NO8S/c1-29-23(26)14-2-4-16(5-3-14)32-20-11-30-22-17(21(20)25)6-7-19-18(22)10-24(13-31-19)15-8-9-33(27,28)12-15/h2-5,11,15,17-19,22H,6-10,12-13H2,1H3. The van der Waals surface area contributed by atoms with Crippen molar-refractivity contribution in [1.29, 1.82) is 0 Å². The van der Waals surface area contributed by atoms with Crippen LogP contribution >= 0.6 is 0 Å². The highest BCUT2D eigenvalue weighted by atomic mass is 32.2. The molecule has 0 radical (unpaired) electrons. The number of ether oxygens (including phenoxy) is 4. The van der Waals surface area contributed by atoms with Crippen LogP contribution in [0.25, 0.3) is 0 Å². The van der Waals surface area contributed by atoms with E-state index in [-0.39, 0.29) is 53.1 Å². The number of hydrogen-bond donors (Lipinski definition) is 0. The topological polar surface area (TPSA) is 108 Å². The van der Waals surface area contributed by atoms with Gasteiger partial charge < -0.3 is 18.9 Å². The molecular weight excluding hydrogens is 450 g/mol. The van der Waals surface area contributed by atoms with Crippen LogP contribution in [0.15, 0.2) is 36.3 Å². The molecule has 0 bridgehead atoms. The predicted octanol–water partition coefficient (Wildman–Crippen LogP) is 1.53. The number of benzene rings is 1. The number of esters is 1.